The lowest BCUT2D eigenvalue weighted by molar-refractivity contribution is 0.217. The van der Waals surface area contributed by atoms with Crippen LogP contribution in [0.4, 0.5) is 0 Å². The summed E-state index contributed by atoms with van der Waals surface area (Å²) >= 11 is 0. The summed E-state index contributed by atoms with van der Waals surface area (Å²) in [6.45, 7) is 7.20. The van der Waals surface area contributed by atoms with Crippen molar-refractivity contribution in [2.24, 2.45) is 17.8 Å². The molecule has 2 rings (SSSR count). The van der Waals surface area contributed by atoms with Gasteiger partial charge in [-0.05, 0) is 63.2 Å². The van der Waals surface area contributed by atoms with E-state index in [-0.39, 0.29) is 0 Å². The zero-order chi connectivity index (χ0) is 12.3. The van der Waals surface area contributed by atoms with Crippen LogP contribution in [0.1, 0.15) is 72.1 Å². The van der Waals surface area contributed by atoms with Crippen molar-refractivity contribution in [3.8, 4) is 0 Å². The second kappa shape index (κ2) is 6.22. The molecule has 100 valence electrons. The molecule has 17 heavy (non-hydrogen) atoms. The minimum atomic E-state index is 0.762. The van der Waals surface area contributed by atoms with E-state index in [2.05, 4.69) is 26.1 Å². The van der Waals surface area contributed by atoms with E-state index in [0.29, 0.717) is 0 Å². The highest BCUT2D eigenvalue weighted by Gasteiger charge is 2.27. The SMILES string of the molecule is CC(C)C1CCC(N[C@H](C)C2CCCC2)CC1. The van der Waals surface area contributed by atoms with Crippen LogP contribution in [0, 0.1) is 17.8 Å². The summed E-state index contributed by atoms with van der Waals surface area (Å²) in [4.78, 5) is 0. The molecule has 0 radical (unpaired) electrons. The van der Waals surface area contributed by atoms with E-state index in [0.717, 1.165) is 29.8 Å². The first-order chi connectivity index (χ1) is 8.16. The minimum Gasteiger partial charge on any atom is -0.311 e. The number of hydrogen-bond donors (Lipinski definition) is 1. The molecule has 0 unspecified atom stereocenters. The molecule has 1 nitrogen and oxygen atoms in total. The normalized spacial score (nSPS) is 33.2. The fourth-order valence-corrected chi connectivity index (χ4v) is 3.92. The largest absolute Gasteiger partial charge is 0.311 e. The zero-order valence-corrected chi connectivity index (χ0v) is 12.0. The Hall–Kier alpha value is -0.0400. The summed E-state index contributed by atoms with van der Waals surface area (Å²) < 4.78 is 0. The molecule has 1 heteroatoms. The molecule has 0 bridgehead atoms. The van der Waals surface area contributed by atoms with Gasteiger partial charge >= 0.3 is 0 Å². The predicted octanol–water partition coefficient (Wildman–Crippen LogP) is 4.37. The molecule has 0 heterocycles. The highest BCUT2D eigenvalue weighted by molar-refractivity contribution is 4.84. The molecule has 0 aromatic heterocycles. The molecule has 0 amide bonds. The molecular formula is C16H31N. The first-order valence-electron chi connectivity index (χ1n) is 7.93. The lowest BCUT2D eigenvalue weighted by atomic mass is 9.79. The van der Waals surface area contributed by atoms with Gasteiger partial charge in [-0.25, -0.2) is 0 Å². The van der Waals surface area contributed by atoms with Crippen LogP contribution in [0.15, 0.2) is 0 Å². The third-order valence-corrected chi connectivity index (χ3v) is 5.32. The fraction of sp³-hybridized carbons (Fsp3) is 1.00. The second-order valence-corrected chi connectivity index (χ2v) is 6.86. The highest BCUT2D eigenvalue weighted by atomic mass is 15.0. The van der Waals surface area contributed by atoms with Crippen LogP contribution in [-0.4, -0.2) is 12.1 Å². The van der Waals surface area contributed by atoms with Gasteiger partial charge in [0.25, 0.3) is 0 Å². The van der Waals surface area contributed by atoms with Crippen LogP contribution in [0.5, 0.6) is 0 Å². The Labute approximate surface area is 108 Å². The Bertz CT molecular complexity index is 210. The Morgan fingerprint density at radius 1 is 0.765 bits per heavy atom. The van der Waals surface area contributed by atoms with Gasteiger partial charge in [0, 0.05) is 12.1 Å². The molecule has 0 aliphatic heterocycles. The van der Waals surface area contributed by atoms with Gasteiger partial charge in [0.05, 0.1) is 0 Å². The van der Waals surface area contributed by atoms with Crippen LogP contribution in [0.3, 0.4) is 0 Å². The average Bonchev–Trinajstić information content (AvgIpc) is 2.83. The van der Waals surface area contributed by atoms with E-state index in [4.69, 9.17) is 0 Å². The van der Waals surface area contributed by atoms with Crippen molar-refractivity contribution in [1.82, 2.24) is 5.32 Å². The third kappa shape index (κ3) is 3.71. The standard InChI is InChI=1S/C16H31N/c1-12(2)14-8-10-16(11-9-14)17-13(3)15-6-4-5-7-15/h12-17H,4-11H2,1-3H3/t13-,14?,16?/m1/s1. The molecule has 2 aliphatic carbocycles. The Balaban J connectivity index is 1.70. The monoisotopic (exact) mass is 237 g/mol. The summed E-state index contributed by atoms with van der Waals surface area (Å²) in [5, 5.41) is 3.92. The van der Waals surface area contributed by atoms with Crippen molar-refractivity contribution >= 4 is 0 Å². The fourth-order valence-electron chi connectivity index (χ4n) is 3.92. The molecule has 2 saturated carbocycles. The quantitative estimate of drug-likeness (QED) is 0.765. The molecule has 2 aliphatic rings. The van der Waals surface area contributed by atoms with Crippen LogP contribution in [-0.2, 0) is 0 Å². The van der Waals surface area contributed by atoms with E-state index in [1.165, 1.54) is 51.4 Å². The maximum absolute atomic E-state index is 3.92. The molecule has 0 aromatic rings. The van der Waals surface area contributed by atoms with Crippen molar-refractivity contribution in [3.05, 3.63) is 0 Å². The van der Waals surface area contributed by atoms with Crippen molar-refractivity contribution in [2.75, 3.05) is 0 Å². The zero-order valence-electron chi connectivity index (χ0n) is 12.0. The van der Waals surface area contributed by atoms with E-state index < -0.39 is 0 Å². The van der Waals surface area contributed by atoms with Crippen LogP contribution < -0.4 is 5.32 Å². The van der Waals surface area contributed by atoms with Crippen molar-refractivity contribution in [2.45, 2.75) is 84.2 Å². The molecule has 0 spiro atoms. The third-order valence-electron chi connectivity index (χ3n) is 5.32. The lowest BCUT2D eigenvalue weighted by Gasteiger charge is -2.34. The van der Waals surface area contributed by atoms with Gasteiger partial charge in [-0.15, -0.1) is 0 Å². The minimum absolute atomic E-state index is 0.762. The van der Waals surface area contributed by atoms with Gasteiger partial charge in [0.1, 0.15) is 0 Å². The van der Waals surface area contributed by atoms with Crippen LogP contribution >= 0.6 is 0 Å². The molecular weight excluding hydrogens is 206 g/mol. The van der Waals surface area contributed by atoms with E-state index in [1.807, 2.05) is 0 Å². The maximum Gasteiger partial charge on any atom is 0.00698 e. The second-order valence-electron chi connectivity index (χ2n) is 6.86. The van der Waals surface area contributed by atoms with Gasteiger partial charge in [-0.1, -0.05) is 26.7 Å². The van der Waals surface area contributed by atoms with Gasteiger partial charge in [0.2, 0.25) is 0 Å². The number of nitrogens with one attached hydrogen (secondary N) is 1. The summed E-state index contributed by atoms with van der Waals surface area (Å²) in [6, 6.07) is 1.58. The Kier molecular flexibility index (Phi) is 4.90. The molecule has 2 fully saturated rings. The summed E-state index contributed by atoms with van der Waals surface area (Å²) in [6.07, 6.45) is 11.6. The molecule has 0 aromatic carbocycles. The Morgan fingerprint density at radius 2 is 1.35 bits per heavy atom. The summed E-state index contributed by atoms with van der Waals surface area (Å²) in [5.41, 5.74) is 0. The van der Waals surface area contributed by atoms with Crippen molar-refractivity contribution in [1.29, 1.82) is 0 Å². The van der Waals surface area contributed by atoms with Gasteiger partial charge in [-0.3, -0.25) is 0 Å². The topological polar surface area (TPSA) is 12.0 Å². The summed E-state index contributed by atoms with van der Waals surface area (Å²) in [5.74, 6) is 2.86. The van der Waals surface area contributed by atoms with E-state index in [9.17, 15) is 0 Å². The maximum atomic E-state index is 3.92. The van der Waals surface area contributed by atoms with Crippen LogP contribution in [0.25, 0.3) is 0 Å². The van der Waals surface area contributed by atoms with Crippen molar-refractivity contribution < 1.29 is 0 Å². The van der Waals surface area contributed by atoms with Gasteiger partial charge in [0.15, 0.2) is 0 Å². The highest BCUT2D eigenvalue weighted by Crippen LogP contribution is 2.32. The van der Waals surface area contributed by atoms with Crippen molar-refractivity contribution in [3.63, 3.8) is 0 Å². The first kappa shape index (κ1) is 13.4. The molecule has 1 N–H and O–H groups in total. The number of rotatable bonds is 4. The van der Waals surface area contributed by atoms with Crippen LogP contribution in [0.2, 0.25) is 0 Å². The number of hydrogen-bond acceptors (Lipinski definition) is 1. The average molecular weight is 237 g/mol. The predicted molar refractivity (Wildman–Crippen MR) is 75.1 cm³/mol. The van der Waals surface area contributed by atoms with E-state index in [1.54, 1.807) is 0 Å². The lowest BCUT2D eigenvalue weighted by Crippen LogP contribution is -2.42. The van der Waals surface area contributed by atoms with E-state index >= 15 is 0 Å². The molecule has 1 atom stereocenters. The summed E-state index contributed by atoms with van der Waals surface area (Å²) in [7, 11) is 0. The molecule has 0 saturated heterocycles. The smallest absolute Gasteiger partial charge is 0.00698 e. The van der Waals surface area contributed by atoms with Gasteiger partial charge < -0.3 is 5.32 Å². The van der Waals surface area contributed by atoms with Gasteiger partial charge in [-0.2, -0.15) is 0 Å². The Morgan fingerprint density at radius 3 is 1.88 bits per heavy atom. The first-order valence-corrected chi connectivity index (χ1v) is 7.93.